The van der Waals surface area contributed by atoms with E-state index in [9.17, 15) is 4.79 Å². The number of hydrogen-bond acceptors (Lipinski definition) is 4. The van der Waals surface area contributed by atoms with Gasteiger partial charge >= 0.3 is 0 Å². The molecule has 1 aromatic carbocycles. The summed E-state index contributed by atoms with van der Waals surface area (Å²) in [6.45, 7) is 2.76. The number of nitrogens with zero attached hydrogens (tertiary/aromatic N) is 4. The van der Waals surface area contributed by atoms with Crippen molar-refractivity contribution in [3.05, 3.63) is 53.6 Å². The lowest BCUT2D eigenvalue weighted by Crippen LogP contribution is -2.31. The van der Waals surface area contributed by atoms with E-state index in [0.29, 0.717) is 0 Å². The van der Waals surface area contributed by atoms with Crippen LogP contribution in [0.25, 0.3) is 10.9 Å². The van der Waals surface area contributed by atoms with Crippen molar-refractivity contribution in [3.63, 3.8) is 0 Å². The van der Waals surface area contributed by atoms with Gasteiger partial charge in [0.1, 0.15) is 5.82 Å². The van der Waals surface area contributed by atoms with E-state index >= 15 is 0 Å². The van der Waals surface area contributed by atoms with Crippen molar-refractivity contribution in [2.45, 2.75) is 25.8 Å². The third kappa shape index (κ3) is 2.53. The molecule has 6 nitrogen and oxygen atoms in total. The molecule has 1 amide bonds. The van der Waals surface area contributed by atoms with Crippen molar-refractivity contribution >= 4 is 22.6 Å². The second-order valence-corrected chi connectivity index (χ2v) is 6.77. The molecule has 1 aliphatic rings. The molecule has 0 radical (unpaired) electrons. The van der Waals surface area contributed by atoms with Crippen molar-refractivity contribution in [2.24, 2.45) is 7.05 Å². The molecule has 1 N–H and O–H groups in total. The Labute approximate surface area is 152 Å². The molecular weight excluding hydrogens is 326 g/mol. The maximum Gasteiger partial charge on any atom is 0.256 e. The van der Waals surface area contributed by atoms with Crippen LogP contribution in [0, 0.1) is 6.92 Å². The minimum atomic E-state index is -0.0262. The lowest BCUT2D eigenvalue weighted by Gasteiger charge is -2.24. The zero-order valence-electron chi connectivity index (χ0n) is 15.4. The average Bonchev–Trinajstić information content (AvgIpc) is 3.26. The van der Waals surface area contributed by atoms with Crippen molar-refractivity contribution in [1.29, 1.82) is 0 Å². The average molecular weight is 349 g/mol. The topological polar surface area (TPSA) is 63.1 Å². The van der Waals surface area contributed by atoms with Gasteiger partial charge in [0.2, 0.25) is 0 Å². The lowest BCUT2D eigenvalue weighted by molar-refractivity contribution is 0.0734. The first-order chi connectivity index (χ1) is 12.6. The highest BCUT2D eigenvalue weighted by atomic mass is 16.2. The van der Waals surface area contributed by atoms with Crippen LogP contribution in [0.15, 0.2) is 36.7 Å². The molecule has 2 aromatic heterocycles. The number of rotatable bonds is 3. The second kappa shape index (κ2) is 6.44. The first-order valence-corrected chi connectivity index (χ1v) is 8.96. The molecule has 1 aliphatic heterocycles. The van der Waals surface area contributed by atoms with Gasteiger partial charge in [0.05, 0.1) is 29.7 Å². The van der Waals surface area contributed by atoms with Gasteiger partial charge in [0, 0.05) is 37.2 Å². The summed E-state index contributed by atoms with van der Waals surface area (Å²) in [7, 11) is 3.84. The molecule has 0 unspecified atom stereocenters. The summed E-state index contributed by atoms with van der Waals surface area (Å²) in [6.07, 6.45) is 5.36. The van der Waals surface area contributed by atoms with Gasteiger partial charge in [-0.1, -0.05) is 18.2 Å². The van der Waals surface area contributed by atoms with Crippen LogP contribution in [0.2, 0.25) is 0 Å². The Morgan fingerprint density at radius 1 is 1.27 bits per heavy atom. The lowest BCUT2D eigenvalue weighted by atomic mass is 10.1. The zero-order valence-corrected chi connectivity index (χ0v) is 15.4. The van der Waals surface area contributed by atoms with Crippen molar-refractivity contribution in [2.75, 3.05) is 18.9 Å². The predicted octanol–water partition coefficient (Wildman–Crippen LogP) is 3.30. The third-order valence-electron chi connectivity index (χ3n) is 5.38. The number of benzene rings is 1. The summed E-state index contributed by atoms with van der Waals surface area (Å²) >= 11 is 0. The first kappa shape index (κ1) is 16.6. The number of aryl methyl sites for hydroxylation is 1. The number of para-hydroxylation sites is 1. The Hall–Kier alpha value is -2.89. The van der Waals surface area contributed by atoms with E-state index in [1.54, 1.807) is 12.4 Å². The van der Waals surface area contributed by atoms with Gasteiger partial charge in [-0.25, -0.2) is 4.98 Å². The fraction of sp³-hybridized carbons (Fsp3) is 0.350. The van der Waals surface area contributed by atoms with E-state index < -0.39 is 0 Å². The van der Waals surface area contributed by atoms with Gasteiger partial charge in [-0.3, -0.25) is 9.78 Å². The SMILES string of the molecule is CNc1cncc([C@@H]2CCCN2C(=O)c2c(C)n(C)c3ccccc23)n1. The zero-order chi connectivity index (χ0) is 18.3. The highest BCUT2D eigenvalue weighted by Gasteiger charge is 2.34. The molecule has 0 aliphatic carbocycles. The molecule has 0 spiro atoms. The van der Waals surface area contributed by atoms with Gasteiger partial charge in [-0.15, -0.1) is 0 Å². The number of aromatic nitrogens is 3. The minimum Gasteiger partial charge on any atom is -0.372 e. The highest BCUT2D eigenvalue weighted by molar-refractivity contribution is 6.08. The smallest absolute Gasteiger partial charge is 0.256 e. The second-order valence-electron chi connectivity index (χ2n) is 6.77. The molecule has 0 bridgehead atoms. The molecule has 134 valence electrons. The van der Waals surface area contributed by atoms with E-state index in [1.807, 2.05) is 44.1 Å². The molecule has 1 fully saturated rings. The predicted molar refractivity (Wildman–Crippen MR) is 102 cm³/mol. The van der Waals surface area contributed by atoms with Crippen molar-refractivity contribution < 1.29 is 4.79 Å². The summed E-state index contributed by atoms with van der Waals surface area (Å²) in [6, 6.07) is 8.06. The molecule has 1 atom stereocenters. The van der Waals surface area contributed by atoms with Crippen LogP contribution in [0.5, 0.6) is 0 Å². The molecule has 4 rings (SSSR count). The Bertz CT molecular complexity index is 977. The van der Waals surface area contributed by atoms with E-state index in [0.717, 1.165) is 53.1 Å². The number of carbonyl (C=O) groups is 1. The summed E-state index contributed by atoms with van der Waals surface area (Å²) in [4.78, 5) is 24.3. The minimum absolute atomic E-state index is 0.0262. The number of likely N-dealkylation sites (tertiary alicyclic amines) is 1. The van der Waals surface area contributed by atoms with Crippen molar-refractivity contribution in [1.82, 2.24) is 19.4 Å². The van der Waals surface area contributed by atoms with Crippen molar-refractivity contribution in [3.8, 4) is 0 Å². The molecule has 3 heterocycles. The summed E-state index contributed by atoms with van der Waals surface area (Å²) in [5.74, 6) is 0.807. The fourth-order valence-corrected chi connectivity index (χ4v) is 3.91. The van der Waals surface area contributed by atoms with Gasteiger partial charge in [-0.2, -0.15) is 0 Å². The van der Waals surface area contributed by atoms with Gasteiger partial charge in [0.15, 0.2) is 0 Å². The number of carbonyl (C=O) groups excluding carboxylic acids is 1. The van der Waals surface area contributed by atoms with Crippen LogP contribution >= 0.6 is 0 Å². The monoisotopic (exact) mass is 349 g/mol. The quantitative estimate of drug-likeness (QED) is 0.788. The first-order valence-electron chi connectivity index (χ1n) is 8.96. The van der Waals surface area contributed by atoms with E-state index in [4.69, 9.17) is 0 Å². The van der Waals surface area contributed by atoms with Crippen LogP contribution in [-0.4, -0.2) is 38.9 Å². The van der Waals surface area contributed by atoms with E-state index in [2.05, 4.69) is 25.9 Å². The number of hydrogen-bond donors (Lipinski definition) is 1. The molecule has 1 saturated heterocycles. The van der Waals surface area contributed by atoms with Crippen LogP contribution in [-0.2, 0) is 7.05 Å². The van der Waals surface area contributed by atoms with E-state index in [-0.39, 0.29) is 11.9 Å². The highest BCUT2D eigenvalue weighted by Crippen LogP contribution is 2.35. The number of nitrogens with one attached hydrogen (secondary N) is 1. The largest absolute Gasteiger partial charge is 0.372 e. The fourth-order valence-electron chi connectivity index (χ4n) is 3.91. The molecular formula is C20H23N5O. The standard InChI is InChI=1S/C20H23N5O/c1-13-19(14-7-4-5-8-16(14)24(13)3)20(26)25-10-6-9-17(25)15-11-22-12-18(21-2)23-15/h4-5,7-8,11-12,17H,6,9-10H2,1-3H3,(H,21,23)/t17-/m0/s1. The Kier molecular flexibility index (Phi) is 4.11. The Balaban J connectivity index is 1.75. The molecule has 3 aromatic rings. The van der Waals surface area contributed by atoms with Crippen LogP contribution < -0.4 is 5.32 Å². The van der Waals surface area contributed by atoms with Gasteiger partial charge < -0.3 is 14.8 Å². The molecule has 26 heavy (non-hydrogen) atoms. The maximum absolute atomic E-state index is 13.5. The number of anilines is 1. The molecule has 6 heteroatoms. The van der Waals surface area contributed by atoms with E-state index in [1.165, 1.54) is 0 Å². The van der Waals surface area contributed by atoms with Crippen LogP contribution in [0.1, 0.15) is 40.6 Å². The Morgan fingerprint density at radius 3 is 2.88 bits per heavy atom. The third-order valence-corrected chi connectivity index (χ3v) is 5.38. The number of amides is 1. The summed E-state index contributed by atoms with van der Waals surface area (Å²) in [5.41, 5.74) is 3.73. The number of fused-ring (bicyclic) bond motifs is 1. The van der Waals surface area contributed by atoms with Gasteiger partial charge in [0.25, 0.3) is 5.91 Å². The van der Waals surface area contributed by atoms with Crippen LogP contribution in [0.4, 0.5) is 5.82 Å². The molecule has 0 saturated carbocycles. The normalized spacial score (nSPS) is 17.0. The Morgan fingerprint density at radius 2 is 2.08 bits per heavy atom. The summed E-state index contributed by atoms with van der Waals surface area (Å²) in [5, 5.41) is 4.04. The maximum atomic E-state index is 13.5. The van der Waals surface area contributed by atoms with Crippen LogP contribution in [0.3, 0.4) is 0 Å². The van der Waals surface area contributed by atoms with Gasteiger partial charge in [-0.05, 0) is 25.8 Å². The summed E-state index contributed by atoms with van der Waals surface area (Å²) < 4.78 is 2.09.